The summed E-state index contributed by atoms with van der Waals surface area (Å²) in [6.45, 7) is 3.94. The first-order valence-electron chi connectivity index (χ1n) is 5.50. The average molecular weight is 284 g/mol. The number of hydrogen-bond acceptors (Lipinski definition) is 3. The monoisotopic (exact) mass is 283 g/mol. The first-order chi connectivity index (χ1) is 8.31. The molecular formula is C13H14ClNS2. The molecule has 17 heavy (non-hydrogen) atoms. The molecule has 0 fully saturated rings. The highest BCUT2D eigenvalue weighted by atomic mass is 35.5. The van der Waals surface area contributed by atoms with Gasteiger partial charge in [0.05, 0.1) is 9.23 Å². The Morgan fingerprint density at radius 2 is 2.18 bits per heavy atom. The first-order valence-corrected chi connectivity index (χ1v) is 7.58. The molecule has 90 valence electrons. The van der Waals surface area contributed by atoms with Gasteiger partial charge in [0, 0.05) is 11.4 Å². The lowest BCUT2D eigenvalue weighted by Gasteiger charge is -2.10. The van der Waals surface area contributed by atoms with E-state index in [1.54, 1.807) is 23.1 Å². The van der Waals surface area contributed by atoms with E-state index < -0.39 is 0 Å². The summed E-state index contributed by atoms with van der Waals surface area (Å²) in [6.07, 6.45) is 0. The molecule has 2 rings (SSSR count). The Hall–Kier alpha value is -0.480. The molecule has 0 aliphatic heterocycles. The third-order valence-electron chi connectivity index (χ3n) is 2.31. The van der Waals surface area contributed by atoms with Gasteiger partial charge < -0.3 is 5.32 Å². The van der Waals surface area contributed by atoms with Gasteiger partial charge >= 0.3 is 0 Å². The van der Waals surface area contributed by atoms with Crippen molar-refractivity contribution in [3.05, 3.63) is 46.3 Å². The summed E-state index contributed by atoms with van der Waals surface area (Å²) in [7, 11) is 0. The lowest BCUT2D eigenvalue weighted by atomic mass is 10.2. The van der Waals surface area contributed by atoms with Crippen molar-refractivity contribution in [1.29, 1.82) is 0 Å². The molecule has 0 bridgehead atoms. The van der Waals surface area contributed by atoms with Crippen molar-refractivity contribution in [2.24, 2.45) is 0 Å². The number of hydrogen-bond donors (Lipinski definition) is 1. The highest BCUT2D eigenvalue weighted by molar-refractivity contribution is 8.01. The minimum Gasteiger partial charge on any atom is -0.313 e. The van der Waals surface area contributed by atoms with Crippen LogP contribution in [-0.4, -0.2) is 6.54 Å². The molecule has 0 aliphatic rings. The summed E-state index contributed by atoms with van der Waals surface area (Å²) >= 11 is 9.77. The van der Waals surface area contributed by atoms with Crippen LogP contribution in [0, 0.1) is 0 Å². The van der Waals surface area contributed by atoms with E-state index in [9.17, 15) is 0 Å². The van der Waals surface area contributed by atoms with E-state index >= 15 is 0 Å². The third kappa shape index (κ3) is 3.49. The zero-order chi connectivity index (χ0) is 12.1. The van der Waals surface area contributed by atoms with Crippen LogP contribution in [0.15, 0.2) is 44.8 Å². The Kier molecular flexibility index (Phi) is 4.92. The molecule has 1 aromatic heterocycles. The molecule has 0 saturated heterocycles. The van der Waals surface area contributed by atoms with Gasteiger partial charge in [-0.3, -0.25) is 0 Å². The van der Waals surface area contributed by atoms with Gasteiger partial charge in [-0.25, -0.2) is 0 Å². The van der Waals surface area contributed by atoms with E-state index in [0.29, 0.717) is 0 Å². The summed E-state index contributed by atoms with van der Waals surface area (Å²) in [5.41, 5.74) is 1.26. The molecule has 4 heteroatoms. The number of nitrogens with one attached hydrogen (secondary N) is 1. The minimum atomic E-state index is 0.832. The number of thiophene rings is 1. The van der Waals surface area contributed by atoms with E-state index in [2.05, 4.69) is 35.8 Å². The Morgan fingerprint density at radius 1 is 1.29 bits per heavy atom. The molecule has 0 unspecified atom stereocenters. The Balaban J connectivity index is 2.24. The van der Waals surface area contributed by atoms with Crippen LogP contribution >= 0.6 is 34.7 Å². The number of benzene rings is 1. The van der Waals surface area contributed by atoms with Crippen LogP contribution in [0.1, 0.15) is 12.5 Å². The SMILES string of the molecule is CCNCc1cccc(Cl)c1Sc1cccs1. The molecule has 2 aromatic rings. The molecule has 0 aliphatic carbocycles. The second-order valence-electron chi connectivity index (χ2n) is 3.54. The zero-order valence-corrected chi connectivity index (χ0v) is 12.0. The van der Waals surface area contributed by atoms with Crippen LogP contribution in [-0.2, 0) is 6.54 Å². The lowest BCUT2D eigenvalue weighted by molar-refractivity contribution is 0.718. The molecule has 0 spiro atoms. The maximum absolute atomic E-state index is 6.28. The van der Waals surface area contributed by atoms with Crippen LogP contribution in [0.3, 0.4) is 0 Å². The summed E-state index contributed by atoms with van der Waals surface area (Å²) in [5, 5.41) is 6.26. The van der Waals surface area contributed by atoms with Crippen LogP contribution < -0.4 is 5.32 Å². The van der Waals surface area contributed by atoms with Gasteiger partial charge in [0.25, 0.3) is 0 Å². The summed E-state index contributed by atoms with van der Waals surface area (Å²) < 4.78 is 1.27. The Labute approximate surface area is 115 Å². The van der Waals surface area contributed by atoms with Crippen LogP contribution in [0.4, 0.5) is 0 Å². The van der Waals surface area contributed by atoms with Gasteiger partial charge in [-0.2, -0.15) is 0 Å². The van der Waals surface area contributed by atoms with Crippen LogP contribution in [0.25, 0.3) is 0 Å². The predicted octanol–water partition coefficient (Wildman–Crippen LogP) is 4.66. The quantitative estimate of drug-likeness (QED) is 0.856. The van der Waals surface area contributed by atoms with E-state index in [1.807, 2.05) is 12.1 Å². The van der Waals surface area contributed by atoms with Crippen molar-refractivity contribution in [2.75, 3.05) is 6.54 Å². The molecule has 0 saturated carbocycles. The highest BCUT2D eigenvalue weighted by Crippen LogP contribution is 2.38. The maximum Gasteiger partial charge on any atom is 0.0646 e. The maximum atomic E-state index is 6.28. The molecule has 1 N–H and O–H groups in total. The topological polar surface area (TPSA) is 12.0 Å². The fourth-order valence-corrected chi connectivity index (χ4v) is 3.64. The Bertz CT molecular complexity index is 468. The molecule has 1 nitrogen and oxygen atoms in total. The average Bonchev–Trinajstić information content (AvgIpc) is 2.83. The molecule has 0 radical (unpaired) electrons. The number of rotatable bonds is 5. The van der Waals surface area contributed by atoms with Gasteiger partial charge in [0.2, 0.25) is 0 Å². The summed E-state index contributed by atoms with van der Waals surface area (Å²) in [6, 6.07) is 10.3. The molecule has 1 heterocycles. The second-order valence-corrected chi connectivity index (χ2v) is 6.21. The fraction of sp³-hybridized carbons (Fsp3) is 0.231. The van der Waals surface area contributed by atoms with Crippen molar-refractivity contribution in [3.8, 4) is 0 Å². The van der Waals surface area contributed by atoms with Crippen molar-refractivity contribution < 1.29 is 0 Å². The third-order valence-corrected chi connectivity index (χ3v) is 4.96. The fourth-order valence-electron chi connectivity index (χ4n) is 1.49. The first kappa shape index (κ1) is 13.0. The van der Waals surface area contributed by atoms with Gasteiger partial charge in [-0.1, -0.05) is 48.5 Å². The number of halogens is 1. The van der Waals surface area contributed by atoms with Crippen LogP contribution in [0.5, 0.6) is 0 Å². The molecule has 0 amide bonds. The summed E-state index contributed by atoms with van der Waals surface area (Å²) in [5.74, 6) is 0. The van der Waals surface area contributed by atoms with Gasteiger partial charge in [-0.05, 0) is 29.6 Å². The van der Waals surface area contributed by atoms with Gasteiger partial charge in [-0.15, -0.1) is 11.3 Å². The normalized spacial score (nSPS) is 10.7. The minimum absolute atomic E-state index is 0.832. The van der Waals surface area contributed by atoms with Crippen molar-refractivity contribution in [3.63, 3.8) is 0 Å². The van der Waals surface area contributed by atoms with Crippen molar-refractivity contribution >= 4 is 34.7 Å². The molecule has 1 aromatic carbocycles. The van der Waals surface area contributed by atoms with Gasteiger partial charge in [0.1, 0.15) is 0 Å². The standard InChI is InChI=1S/C13H14ClNS2/c1-2-15-9-10-5-3-6-11(14)13(10)17-12-7-4-8-16-12/h3-8,15H,2,9H2,1H3. The van der Waals surface area contributed by atoms with E-state index in [4.69, 9.17) is 11.6 Å². The molecule has 0 atom stereocenters. The van der Waals surface area contributed by atoms with E-state index in [0.717, 1.165) is 23.0 Å². The van der Waals surface area contributed by atoms with Gasteiger partial charge in [0.15, 0.2) is 0 Å². The summed E-state index contributed by atoms with van der Waals surface area (Å²) in [4.78, 5) is 1.16. The predicted molar refractivity (Wildman–Crippen MR) is 77.3 cm³/mol. The molecular weight excluding hydrogens is 270 g/mol. The van der Waals surface area contributed by atoms with Crippen molar-refractivity contribution in [2.45, 2.75) is 22.6 Å². The smallest absolute Gasteiger partial charge is 0.0646 e. The van der Waals surface area contributed by atoms with E-state index in [1.165, 1.54) is 9.77 Å². The highest BCUT2D eigenvalue weighted by Gasteiger charge is 2.08. The van der Waals surface area contributed by atoms with E-state index in [-0.39, 0.29) is 0 Å². The zero-order valence-electron chi connectivity index (χ0n) is 9.57. The Morgan fingerprint density at radius 3 is 2.88 bits per heavy atom. The van der Waals surface area contributed by atoms with Crippen molar-refractivity contribution in [1.82, 2.24) is 5.32 Å². The lowest BCUT2D eigenvalue weighted by Crippen LogP contribution is -2.12. The largest absolute Gasteiger partial charge is 0.313 e. The second kappa shape index (κ2) is 6.45. The van der Waals surface area contributed by atoms with Crippen LogP contribution in [0.2, 0.25) is 5.02 Å².